The van der Waals surface area contributed by atoms with Gasteiger partial charge in [-0.15, -0.1) is 0 Å². The van der Waals surface area contributed by atoms with Crippen molar-refractivity contribution < 1.29 is 35.3 Å². The van der Waals surface area contributed by atoms with E-state index in [-0.39, 0.29) is 18.7 Å². The first-order valence-corrected chi connectivity index (χ1v) is 5.32. The maximum Gasteiger partial charge on any atom is 0.220 e. The Morgan fingerprint density at radius 1 is 1.22 bits per heavy atom. The summed E-state index contributed by atoms with van der Waals surface area (Å²) in [5, 5.41) is 35.5. The van der Waals surface area contributed by atoms with Crippen LogP contribution in [0.2, 0.25) is 0 Å². The van der Waals surface area contributed by atoms with Crippen LogP contribution in [-0.2, 0) is 14.5 Å². The van der Waals surface area contributed by atoms with Gasteiger partial charge in [0, 0.05) is 13.0 Å². The minimum absolute atomic E-state index is 0.0525. The van der Waals surface area contributed by atoms with Gasteiger partial charge in [-0.05, 0) is 20.3 Å². The van der Waals surface area contributed by atoms with Crippen molar-refractivity contribution in [3.8, 4) is 0 Å². The summed E-state index contributed by atoms with van der Waals surface area (Å²) in [6, 6.07) is 0. The fourth-order valence-corrected chi connectivity index (χ4v) is 1.27. The molecule has 0 aromatic carbocycles. The van der Waals surface area contributed by atoms with Gasteiger partial charge in [-0.1, -0.05) is 0 Å². The number of hydrogen-bond donors (Lipinski definition) is 5. The van der Waals surface area contributed by atoms with Crippen molar-refractivity contribution in [2.75, 3.05) is 6.54 Å². The summed E-state index contributed by atoms with van der Waals surface area (Å²) in [6.07, 6.45) is -1.77. The van der Waals surface area contributed by atoms with E-state index in [1.54, 1.807) is 6.92 Å². The molecule has 0 heterocycles. The van der Waals surface area contributed by atoms with E-state index in [1.165, 1.54) is 6.92 Å². The molecule has 0 rings (SSSR count). The van der Waals surface area contributed by atoms with Gasteiger partial charge in [-0.3, -0.25) is 25.6 Å². The number of carbonyl (C=O) groups is 1. The molecular weight excluding hydrogens is 250 g/mol. The maximum atomic E-state index is 11.2. The second-order valence-corrected chi connectivity index (χ2v) is 3.45. The van der Waals surface area contributed by atoms with Gasteiger partial charge >= 0.3 is 0 Å². The molecule has 108 valence electrons. The van der Waals surface area contributed by atoms with Gasteiger partial charge in [0.05, 0.1) is 10.8 Å². The van der Waals surface area contributed by atoms with Gasteiger partial charge in [-0.25, -0.2) is 9.68 Å². The lowest BCUT2D eigenvalue weighted by molar-refractivity contribution is -0.537. The second kappa shape index (κ2) is 9.13. The quantitative estimate of drug-likeness (QED) is 0.357. The van der Waals surface area contributed by atoms with Gasteiger partial charge in [0.1, 0.15) is 12.2 Å². The fourth-order valence-electron chi connectivity index (χ4n) is 1.27. The third-order valence-corrected chi connectivity index (χ3v) is 2.04. The van der Waals surface area contributed by atoms with E-state index in [4.69, 9.17) is 20.8 Å². The van der Waals surface area contributed by atoms with E-state index in [9.17, 15) is 4.79 Å². The van der Waals surface area contributed by atoms with E-state index in [0.717, 1.165) is 0 Å². The highest BCUT2D eigenvalue weighted by Gasteiger charge is 2.24. The van der Waals surface area contributed by atoms with E-state index in [1.807, 2.05) is 0 Å². The summed E-state index contributed by atoms with van der Waals surface area (Å²) in [5.41, 5.74) is 0. The summed E-state index contributed by atoms with van der Waals surface area (Å²) in [7, 11) is 0. The third-order valence-electron chi connectivity index (χ3n) is 2.04. The molecule has 10 heteroatoms. The highest BCUT2D eigenvalue weighted by molar-refractivity contribution is 5.75. The van der Waals surface area contributed by atoms with Gasteiger partial charge < -0.3 is 5.32 Å². The van der Waals surface area contributed by atoms with Crippen LogP contribution in [0, 0.1) is 0 Å². The first-order valence-electron chi connectivity index (χ1n) is 5.32. The number of amides is 1. The number of carbonyl (C=O) groups excluding carboxylic acids is 1. The lowest BCUT2D eigenvalue weighted by Crippen LogP contribution is -2.38. The van der Waals surface area contributed by atoms with Crippen LogP contribution >= 0.6 is 0 Å². The lowest BCUT2D eigenvalue weighted by Gasteiger charge is -2.24. The van der Waals surface area contributed by atoms with Crippen molar-refractivity contribution in [1.82, 2.24) is 16.1 Å². The molecule has 10 nitrogen and oxygen atoms in total. The Bertz CT molecular complexity index is 239. The average molecular weight is 269 g/mol. The summed E-state index contributed by atoms with van der Waals surface area (Å²) in [5.74, 6) is -0.245. The monoisotopic (exact) mass is 269 g/mol. The van der Waals surface area contributed by atoms with Gasteiger partial charge in [-0.2, -0.15) is 0 Å². The van der Waals surface area contributed by atoms with Crippen molar-refractivity contribution in [3.63, 3.8) is 0 Å². The molecule has 0 spiro atoms. The van der Waals surface area contributed by atoms with Crippen LogP contribution < -0.4 is 5.32 Å². The molecule has 18 heavy (non-hydrogen) atoms. The first kappa shape index (κ1) is 17.2. The SMILES string of the molecule is CCNC(=O)CC[C@@H](ON(O)O)C(C)ON(O)O. The van der Waals surface area contributed by atoms with Crippen LogP contribution in [0.5, 0.6) is 0 Å². The van der Waals surface area contributed by atoms with E-state index in [0.29, 0.717) is 6.54 Å². The molecule has 0 saturated heterocycles. The Balaban J connectivity index is 4.25. The Morgan fingerprint density at radius 3 is 2.22 bits per heavy atom. The lowest BCUT2D eigenvalue weighted by atomic mass is 10.1. The van der Waals surface area contributed by atoms with Crippen LogP contribution in [0.3, 0.4) is 0 Å². The predicted octanol–water partition coefficient (Wildman–Crippen LogP) is -0.316. The molecule has 0 aliphatic heterocycles. The summed E-state index contributed by atoms with van der Waals surface area (Å²) < 4.78 is 0. The summed E-state index contributed by atoms with van der Waals surface area (Å²) in [4.78, 5) is 20.2. The Labute approximate surface area is 104 Å². The van der Waals surface area contributed by atoms with Gasteiger partial charge in [0.15, 0.2) is 0 Å². The molecule has 0 aromatic rings. The van der Waals surface area contributed by atoms with Gasteiger partial charge in [0.2, 0.25) is 5.91 Å². The molecule has 0 aliphatic carbocycles. The molecular formula is C8H19N3O7. The number of nitrogens with zero attached hydrogens (tertiary/aromatic N) is 2. The maximum absolute atomic E-state index is 11.2. The summed E-state index contributed by atoms with van der Waals surface area (Å²) >= 11 is 0. The number of hydrogen-bond acceptors (Lipinski definition) is 9. The molecule has 0 fully saturated rings. The molecule has 0 aliphatic rings. The highest BCUT2D eigenvalue weighted by Crippen LogP contribution is 2.12. The predicted molar refractivity (Wildman–Crippen MR) is 54.2 cm³/mol. The molecule has 0 radical (unpaired) electrons. The number of nitrogens with one attached hydrogen (secondary N) is 1. The van der Waals surface area contributed by atoms with Crippen molar-refractivity contribution in [2.45, 2.75) is 38.9 Å². The molecule has 5 N–H and O–H groups in total. The zero-order valence-electron chi connectivity index (χ0n) is 10.2. The second-order valence-electron chi connectivity index (χ2n) is 3.45. The Hall–Kier alpha value is -0.850. The number of rotatable bonds is 9. The molecule has 1 amide bonds. The molecule has 0 bridgehead atoms. The molecule has 0 saturated carbocycles. The van der Waals surface area contributed by atoms with Crippen LogP contribution in [0.4, 0.5) is 0 Å². The highest BCUT2D eigenvalue weighted by atomic mass is 17.1. The minimum atomic E-state index is -0.968. The molecule has 1 unspecified atom stereocenters. The average Bonchev–Trinajstić information content (AvgIpc) is 2.23. The first-order chi connectivity index (χ1) is 8.36. The molecule has 0 aromatic heterocycles. The fraction of sp³-hybridized carbons (Fsp3) is 0.875. The Morgan fingerprint density at radius 2 is 1.78 bits per heavy atom. The van der Waals surface area contributed by atoms with Crippen molar-refractivity contribution in [2.24, 2.45) is 0 Å². The van der Waals surface area contributed by atoms with Crippen LogP contribution in [0.1, 0.15) is 26.7 Å². The van der Waals surface area contributed by atoms with Crippen molar-refractivity contribution in [1.29, 1.82) is 0 Å². The van der Waals surface area contributed by atoms with E-state index in [2.05, 4.69) is 15.0 Å². The molecule has 2 atom stereocenters. The van der Waals surface area contributed by atoms with E-state index < -0.39 is 23.0 Å². The van der Waals surface area contributed by atoms with Crippen molar-refractivity contribution >= 4 is 5.91 Å². The van der Waals surface area contributed by atoms with Crippen LogP contribution in [0.15, 0.2) is 0 Å². The topological polar surface area (TPSA) is 135 Å². The third kappa shape index (κ3) is 8.27. The smallest absolute Gasteiger partial charge is 0.220 e. The zero-order chi connectivity index (χ0) is 14.1. The zero-order valence-corrected chi connectivity index (χ0v) is 10.2. The van der Waals surface area contributed by atoms with E-state index >= 15 is 0 Å². The Kier molecular flexibility index (Phi) is 8.70. The summed E-state index contributed by atoms with van der Waals surface area (Å²) in [6.45, 7) is 3.63. The van der Waals surface area contributed by atoms with Crippen molar-refractivity contribution in [3.05, 3.63) is 0 Å². The standard InChI is InChI=1S/C8H19N3O7/c1-3-9-8(12)5-4-7(18-11(15)16)6(2)17-10(13)14/h6-7,13-16H,3-5H2,1-2H3,(H,9,12)/t6?,7-/m1/s1. The van der Waals surface area contributed by atoms with Crippen LogP contribution in [0.25, 0.3) is 0 Å². The minimum Gasteiger partial charge on any atom is -0.356 e. The largest absolute Gasteiger partial charge is 0.356 e. The van der Waals surface area contributed by atoms with Crippen LogP contribution in [-0.4, -0.2) is 56.3 Å². The van der Waals surface area contributed by atoms with Gasteiger partial charge in [0.25, 0.3) is 0 Å². The normalized spacial score (nSPS) is 14.9.